The number of hydrogen-bond donors (Lipinski definition) is 0. The van der Waals surface area contributed by atoms with E-state index in [1.165, 1.54) is 16.7 Å². The summed E-state index contributed by atoms with van der Waals surface area (Å²) >= 11 is 0. The molecule has 0 saturated heterocycles. The smallest absolute Gasteiger partial charge is 0.160 e. The molecule has 0 aliphatic carbocycles. The van der Waals surface area contributed by atoms with E-state index in [1.54, 1.807) is 0 Å². The predicted octanol–water partition coefficient (Wildman–Crippen LogP) is 12.8. The average molecular weight is 741 g/mol. The first-order valence-electron chi connectivity index (χ1n) is 19.7. The number of aromatic nitrogens is 4. The lowest BCUT2D eigenvalue weighted by Crippen LogP contribution is -2.29. The SMILES string of the molecule is c1ccc(-c2cc(-c3cccc(-c4cccc(-c5ccc6c(c5)nc5n6-c6ccccc6C5(c5ccccc5)c5ccccc5)c4)c3)nc(-c3ccccc3)n2)cc1. The molecule has 0 bridgehead atoms. The van der Waals surface area contributed by atoms with Gasteiger partial charge in [-0.05, 0) is 75.3 Å². The van der Waals surface area contributed by atoms with Gasteiger partial charge >= 0.3 is 0 Å². The maximum absolute atomic E-state index is 5.54. The Kier molecular flexibility index (Phi) is 8.00. The summed E-state index contributed by atoms with van der Waals surface area (Å²) in [4.78, 5) is 15.6. The fourth-order valence-electron chi connectivity index (χ4n) is 8.78. The van der Waals surface area contributed by atoms with Crippen molar-refractivity contribution in [2.45, 2.75) is 5.41 Å². The molecule has 0 fully saturated rings. The maximum Gasteiger partial charge on any atom is 0.160 e. The fourth-order valence-corrected chi connectivity index (χ4v) is 8.78. The Balaban J connectivity index is 1.00. The molecular weight excluding hydrogens is 705 g/mol. The van der Waals surface area contributed by atoms with Crippen molar-refractivity contribution < 1.29 is 0 Å². The average Bonchev–Trinajstić information content (AvgIpc) is 3.83. The minimum atomic E-state index is -0.559. The third kappa shape index (κ3) is 5.49. The number of fused-ring (bicyclic) bond motifs is 5. The van der Waals surface area contributed by atoms with Crippen LogP contribution in [-0.4, -0.2) is 19.5 Å². The van der Waals surface area contributed by atoms with Crippen LogP contribution in [-0.2, 0) is 5.41 Å². The van der Waals surface area contributed by atoms with Crippen LogP contribution >= 0.6 is 0 Å². The molecule has 2 aromatic heterocycles. The van der Waals surface area contributed by atoms with Gasteiger partial charge in [-0.1, -0.05) is 182 Å². The molecular formula is C54H36N4. The Morgan fingerprint density at radius 2 is 0.828 bits per heavy atom. The molecule has 0 amide bonds. The molecule has 0 N–H and O–H groups in total. The van der Waals surface area contributed by atoms with Crippen LogP contribution in [0.4, 0.5) is 0 Å². The van der Waals surface area contributed by atoms with E-state index in [0.717, 1.165) is 72.9 Å². The highest BCUT2D eigenvalue weighted by Crippen LogP contribution is 2.52. The van der Waals surface area contributed by atoms with Crippen molar-refractivity contribution in [1.82, 2.24) is 19.5 Å². The monoisotopic (exact) mass is 740 g/mol. The van der Waals surface area contributed by atoms with Gasteiger partial charge in [0.25, 0.3) is 0 Å². The molecule has 4 heteroatoms. The standard InChI is InChI=1S/C54H36N4/c1-5-17-37(18-6-1)47-36-48(56-52(55-47)38-19-7-2-8-20-38)43-24-16-23-41(34-43)39-21-15-22-40(33-39)42-31-32-51-49(35-42)57-53-54(44-25-9-3-10-26-44,45-27-11-4-12-28-45)46-29-13-14-30-50(46)58(51)53/h1-36H. The van der Waals surface area contributed by atoms with Gasteiger partial charge in [-0.3, -0.25) is 4.57 Å². The molecule has 1 aliphatic heterocycles. The quantitative estimate of drug-likeness (QED) is 0.163. The molecule has 11 rings (SSSR count). The molecule has 0 spiro atoms. The third-order valence-corrected chi connectivity index (χ3v) is 11.5. The normalized spacial score (nSPS) is 12.6. The molecule has 0 unspecified atom stereocenters. The van der Waals surface area contributed by atoms with E-state index >= 15 is 0 Å². The largest absolute Gasteiger partial charge is 0.295 e. The molecule has 272 valence electrons. The van der Waals surface area contributed by atoms with Crippen LogP contribution < -0.4 is 0 Å². The summed E-state index contributed by atoms with van der Waals surface area (Å²) in [6.07, 6.45) is 0. The van der Waals surface area contributed by atoms with Crippen LogP contribution in [0, 0.1) is 0 Å². The third-order valence-electron chi connectivity index (χ3n) is 11.5. The molecule has 8 aromatic carbocycles. The van der Waals surface area contributed by atoms with Crippen molar-refractivity contribution in [1.29, 1.82) is 0 Å². The van der Waals surface area contributed by atoms with Gasteiger partial charge in [-0.2, -0.15) is 0 Å². The van der Waals surface area contributed by atoms with E-state index in [4.69, 9.17) is 15.0 Å². The van der Waals surface area contributed by atoms with E-state index in [2.05, 4.69) is 187 Å². The van der Waals surface area contributed by atoms with Gasteiger partial charge in [-0.15, -0.1) is 0 Å². The Morgan fingerprint density at radius 1 is 0.345 bits per heavy atom. The summed E-state index contributed by atoms with van der Waals surface area (Å²) < 4.78 is 2.37. The number of hydrogen-bond acceptors (Lipinski definition) is 3. The van der Waals surface area contributed by atoms with Crippen LogP contribution in [0.5, 0.6) is 0 Å². The number of nitrogens with zero attached hydrogens (tertiary/aromatic N) is 4. The van der Waals surface area contributed by atoms with Gasteiger partial charge in [0.1, 0.15) is 11.2 Å². The summed E-state index contributed by atoms with van der Waals surface area (Å²) in [7, 11) is 0. The van der Waals surface area contributed by atoms with E-state index in [-0.39, 0.29) is 0 Å². The van der Waals surface area contributed by atoms with Crippen LogP contribution in [0.3, 0.4) is 0 Å². The topological polar surface area (TPSA) is 43.6 Å². The fraction of sp³-hybridized carbons (Fsp3) is 0.0185. The van der Waals surface area contributed by atoms with Crippen molar-refractivity contribution in [2.75, 3.05) is 0 Å². The minimum Gasteiger partial charge on any atom is -0.295 e. The minimum absolute atomic E-state index is 0.559. The number of para-hydroxylation sites is 1. The molecule has 58 heavy (non-hydrogen) atoms. The lowest BCUT2D eigenvalue weighted by atomic mass is 9.70. The molecule has 0 saturated carbocycles. The maximum atomic E-state index is 5.54. The molecule has 0 radical (unpaired) electrons. The number of benzene rings is 8. The van der Waals surface area contributed by atoms with Gasteiger partial charge in [0.05, 0.1) is 28.1 Å². The molecule has 0 atom stereocenters. The van der Waals surface area contributed by atoms with Crippen LogP contribution in [0.2, 0.25) is 0 Å². The zero-order valence-corrected chi connectivity index (χ0v) is 31.6. The van der Waals surface area contributed by atoms with E-state index in [1.807, 2.05) is 36.4 Å². The summed E-state index contributed by atoms with van der Waals surface area (Å²) in [5.41, 5.74) is 15.7. The Labute approximate surface area is 337 Å². The van der Waals surface area contributed by atoms with Gasteiger partial charge in [0, 0.05) is 16.7 Å². The van der Waals surface area contributed by atoms with Crippen molar-refractivity contribution in [3.63, 3.8) is 0 Å². The lowest BCUT2D eigenvalue weighted by Gasteiger charge is -2.30. The number of imidazole rings is 1. The van der Waals surface area contributed by atoms with Crippen LogP contribution in [0.25, 0.3) is 72.9 Å². The Hall–Kier alpha value is -7.69. The van der Waals surface area contributed by atoms with Gasteiger partial charge in [-0.25, -0.2) is 15.0 Å². The van der Waals surface area contributed by atoms with Crippen molar-refractivity contribution in [3.05, 3.63) is 241 Å². The van der Waals surface area contributed by atoms with Gasteiger partial charge in [0.15, 0.2) is 5.82 Å². The molecule has 4 nitrogen and oxygen atoms in total. The Morgan fingerprint density at radius 3 is 1.47 bits per heavy atom. The second-order valence-corrected chi connectivity index (χ2v) is 14.8. The second kappa shape index (κ2) is 13.8. The van der Waals surface area contributed by atoms with Gasteiger partial charge < -0.3 is 0 Å². The van der Waals surface area contributed by atoms with Crippen molar-refractivity contribution >= 4 is 11.0 Å². The summed E-state index contributed by atoms with van der Waals surface area (Å²) in [5, 5.41) is 0. The van der Waals surface area contributed by atoms with Crippen LogP contribution in [0.1, 0.15) is 22.5 Å². The molecule has 10 aromatic rings. The first kappa shape index (κ1) is 33.6. The molecule has 1 aliphatic rings. The summed E-state index contributed by atoms with van der Waals surface area (Å²) in [6.45, 7) is 0. The first-order valence-corrected chi connectivity index (χ1v) is 19.7. The number of rotatable bonds is 7. The zero-order valence-electron chi connectivity index (χ0n) is 31.6. The first-order chi connectivity index (χ1) is 28.7. The highest BCUT2D eigenvalue weighted by molar-refractivity contribution is 5.88. The van der Waals surface area contributed by atoms with E-state index in [0.29, 0.717) is 5.82 Å². The lowest BCUT2D eigenvalue weighted by molar-refractivity contribution is 0.718. The van der Waals surface area contributed by atoms with Crippen molar-refractivity contribution in [3.8, 4) is 61.8 Å². The summed E-state index contributed by atoms with van der Waals surface area (Å²) in [6, 6.07) is 77.2. The van der Waals surface area contributed by atoms with E-state index in [9.17, 15) is 0 Å². The zero-order chi connectivity index (χ0) is 38.5. The predicted molar refractivity (Wildman–Crippen MR) is 236 cm³/mol. The highest BCUT2D eigenvalue weighted by atomic mass is 15.1. The van der Waals surface area contributed by atoms with E-state index < -0.39 is 5.41 Å². The van der Waals surface area contributed by atoms with Gasteiger partial charge in [0.2, 0.25) is 0 Å². The van der Waals surface area contributed by atoms with Crippen LogP contribution in [0.15, 0.2) is 218 Å². The highest BCUT2D eigenvalue weighted by Gasteiger charge is 2.48. The Bertz CT molecular complexity index is 3000. The molecule has 3 heterocycles. The van der Waals surface area contributed by atoms with Crippen molar-refractivity contribution in [2.24, 2.45) is 0 Å². The second-order valence-electron chi connectivity index (χ2n) is 14.8. The summed E-state index contributed by atoms with van der Waals surface area (Å²) in [5.74, 6) is 1.72.